The first-order valence-corrected chi connectivity index (χ1v) is 23.9. The van der Waals surface area contributed by atoms with Crippen molar-refractivity contribution in [3.8, 4) is 17.2 Å². The molecule has 11 heteroatoms. The Hall–Kier alpha value is -4.64. The lowest BCUT2D eigenvalue weighted by atomic mass is 9.92. The molecule has 354 valence electrons. The minimum Gasteiger partial charge on any atom is -0.508 e. The topological polar surface area (TPSA) is 149 Å². The standard InChI is InChI=1S/C53H76O10S/c1-8-9-10-11-12-13-14-15-16-17-18-19-20-52(64)63-36-53(33-60-49(57)24-21-43-27-40(5)46(54)30-37(43)2,34-61-50(58)25-22-44-28-41(6)47(55)31-38(44)3)35-62-51(59)26-23-45-29-42(7)48(56)32-39(45)4/h27-32,54-56H,8-26,33-36H2,1-7H3. The van der Waals surface area contributed by atoms with Gasteiger partial charge in [0.2, 0.25) is 0 Å². The van der Waals surface area contributed by atoms with Gasteiger partial charge in [-0.25, -0.2) is 0 Å². The van der Waals surface area contributed by atoms with Crippen LogP contribution >= 0.6 is 12.2 Å². The van der Waals surface area contributed by atoms with E-state index in [9.17, 15) is 29.7 Å². The number of phenolic OH excluding ortho intramolecular Hbond substituents is 3. The van der Waals surface area contributed by atoms with Crippen LogP contribution in [0.3, 0.4) is 0 Å². The second-order valence-corrected chi connectivity index (χ2v) is 18.4. The van der Waals surface area contributed by atoms with Crippen LogP contribution in [0.5, 0.6) is 17.2 Å². The number of phenols is 3. The van der Waals surface area contributed by atoms with Crippen LogP contribution in [0.1, 0.15) is 160 Å². The monoisotopic (exact) mass is 905 g/mol. The van der Waals surface area contributed by atoms with Gasteiger partial charge in [-0.15, -0.1) is 0 Å². The number of rotatable bonds is 30. The van der Waals surface area contributed by atoms with Crippen molar-refractivity contribution in [2.24, 2.45) is 5.41 Å². The number of hydrogen-bond donors (Lipinski definition) is 3. The molecular formula is C53H76O10S. The highest BCUT2D eigenvalue weighted by Gasteiger charge is 2.38. The molecule has 0 aliphatic carbocycles. The molecule has 0 amide bonds. The number of carbonyl (C=O) groups excluding carboxylic acids is 3. The SMILES string of the molecule is CCCCCCCCCCCCCCC(=S)OCC(COC(=O)CCc1cc(C)c(O)cc1C)(COC(=O)CCc1cc(C)c(O)cc1C)COC(=O)CCc1cc(C)c(O)cc1C. The molecule has 0 heterocycles. The number of carbonyl (C=O) groups is 3. The molecule has 3 N–H and O–H groups in total. The van der Waals surface area contributed by atoms with E-state index in [-0.39, 0.29) is 62.9 Å². The van der Waals surface area contributed by atoms with E-state index in [4.69, 9.17) is 31.2 Å². The molecule has 0 aromatic heterocycles. The molecule has 0 unspecified atom stereocenters. The molecule has 0 aliphatic rings. The van der Waals surface area contributed by atoms with Crippen molar-refractivity contribution in [2.75, 3.05) is 26.4 Å². The van der Waals surface area contributed by atoms with Crippen molar-refractivity contribution in [3.05, 3.63) is 86.5 Å². The predicted molar refractivity (Wildman–Crippen MR) is 257 cm³/mol. The highest BCUT2D eigenvalue weighted by Crippen LogP contribution is 2.27. The zero-order chi connectivity index (χ0) is 47.1. The highest BCUT2D eigenvalue weighted by molar-refractivity contribution is 7.80. The van der Waals surface area contributed by atoms with Crippen LogP contribution in [-0.4, -0.2) is 64.7 Å². The van der Waals surface area contributed by atoms with Gasteiger partial charge < -0.3 is 34.3 Å². The molecule has 0 spiro atoms. The minimum atomic E-state index is -1.29. The Morgan fingerprint density at radius 3 is 1.06 bits per heavy atom. The quantitative estimate of drug-likeness (QED) is 0.0254. The van der Waals surface area contributed by atoms with Crippen molar-refractivity contribution in [1.82, 2.24) is 0 Å². The summed E-state index contributed by atoms with van der Waals surface area (Å²) >= 11 is 5.69. The number of hydrogen-bond acceptors (Lipinski definition) is 11. The fraction of sp³-hybridized carbons (Fsp3) is 0.585. The summed E-state index contributed by atoms with van der Waals surface area (Å²) in [6.45, 7) is 12.3. The molecule has 0 bridgehead atoms. The Balaban J connectivity index is 1.73. The first kappa shape index (κ1) is 53.7. The van der Waals surface area contributed by atoms with Crippen LogP contribution in [0.25, 0.3) is 0 Å². The Kier molecular flexibility index (Phi) is 23.8. The number of ether oxygens (including phenoxy) is 4. The minimum absolute atomic E-state index is 0.0513. The summed E-state index contributed by atoms with van der Waals surface area (Å²) in [7, 11) is 0. The molecule has 3 aromatic carbocycles. The maximum Gasteiger partial charge on any atom is 0.306 e. The molecule has 3 rings (SSSR count). The third-order valence-electron chi connectivity index (χ3n) is 12.2. The van der Waals surface area contributed by atoms with Gasteiger partial charge in [-0.05, 0) is 148 Å². The normalized spacial score (nSPS) is 11.4. The third kappa shape index (κ3) is 19.6. The Morgan fingerprint density at radius 1 is 0.438 bits per heavy atom. The van der Waals surface area contributed by atoms with E-state index >= 15 is 0 Å². The molecule has 0 aliphatic heterocycles. The van der Waals surface area contributed by atoms with Crippen molar-refractivity contribution >= 4 is 35.2 Å². The summed E-state index contributed by atoms with van der Waals surface area (Å²) < 4.78 is 23.9. The zero-order valence-corrected chi connectivity index (χ0v) is 40.7. The van der Waals surface area contributed by atoms with Crippen molar-refractivity contribution in [2.45, 2.75) is 170 Å². The second kappa shape index (κ2) is 28.3. The van der Waals surface area contributed by atoms with Gasteiger partial charge in [0.1, 0.15) is 49.1 Å². The van der Waals surface area contributed by atoms with Gasteiger partial charge in [-0.3, -0.25) is 14.4 Å². The fourth-order valence-electron chi connectivity index (χ4n) is 7.68. The van der Waals surface area contributed by atoms with Crippen molar-refractivity contribution < 1.29 is 48.7 Å². The van der Waals surface area contributed by atoms with Gasteiger partial charge in [-0.2, -0.15) is 0 Å². The van der Waals surface area contributed by atoms with E-state index in [1.54, 1.807) is 39.0 Å². The summed E-state index contributed by atoms with van der Waals surface area (Å²) in [6, 6.07) is 10.6. The number of unbranched alkanes of at least 4 members (excludes halogenated alkanes) is 11. The van der Waals surface area contributed by atoms with Gasteiger partial charge in [0.05, 0.1) is 0 Å². The van der Waals surface area contributed by atoms with Crippen LogP contribution in [0, 0.1) is 47.0 Å². The predicted octanol–water partition coefficient (Wildman–Crippen LogP) is 11.9. The van der Waals surface area contributed by atoms with Crippen molar-refractivity contribution in [1.29, 1.82) is 0 Å². The van der Waals surface area contributed by atoms with E-state index in [0.29, 0.717) is 47.4 Å². The Labute approximate surface area is 388 Å². The molecular weight excluding hydrogens is 829 g/mol. The zero-order valence-electron chi connectivity index (χ0n) is 39.8. The van der Waals surface area contributed by atoms with E-state index in [0.717, 1.165) is 52.6 Å². The van der Waals surface area contributed by atoms with Gasteiger partial charge in [0.15, 0.2) is 5.05 Å². The van der Waals surface area contributed by atoms with Crippen LogP contribution in [0.2, 0.25) is 0 Å². The van der Waals surface area contributed by atoms with Gasteiger partial charge >= 0.3 is 17.9 Å². The highest BCUT2D eigenvalue weighted by atomic mass is 32.1. The van der Waals surface area contributed by atoms with Gasteiger partial charge in [0, 0.05) is 25.7 Å². The molecule has 0 atom stereocenters. The average molecular weight is 905 g/mol. The van der Waals surface area contributed by atoms with Crippen molar-refractivity contribution in [3.63, 3.8) is 0 Å². The lowest BCUT2D eigenvalue weighted by Gasteiger charge is -2.32. The second-order valence-electron chi connectivity index (χ2n) is 18.0. The summed E-state index contributed by atoms with van der Waals surface area (Å²) in [5.74, 6) is -0.920. The first-order valence-electron chi connectivity index (χ1n) is 23.5. The molecule has 10 nitrogen and oxygen atoms in total. The van der Waals surface area contributed by atoms with Crippen LogP contribution in [0.4, 0.5) is 0 Å². The fourth-order valence-corrected chi connectivity index (χ4v) is 7.89. The number of benzene rings is 3. The molecule has 64 heavy (non-hydrogen) atoms. The summed E-state index contributed by atoms with van der Waals surface area (Å²) in [4.78, 5) is 40.1. The van der Waals surface area contributed by atoms with E-state index in [1.807, 2.05) is 39.0 Å². The Bertz CT molecular complexity index is 1780. The largest absolute Gasteiger partial charge is 0.508 e. The van der Waals surface area contributed by atoms with Gasteiger partial charge in [0.25, 0.3) is 0 Å². The summed E-state index contributed by atoms with van der Waals surface area (Å²) in [5.41, 5.74) is 6.13. The summed E-state index contributed by atoms with van der Waals surface area (Å²) in [6.07, 6.45) is 16.5. The molecule has 0 saturated heterocycles. The van der Waals surface area contributed by atoms with E-state index in [1.165, 1.54) is 57.8 Å². The van der Waals surface area contributed by atoms with Crippen LogP contribution in [0.15, 0.2) is 36.4 Å². The molecule has 3 aromatic rings. The molecule has 0 fully saturated rings. The lowest BCUT2D eigenvalue weighted by molar-refractivity contribution is -0.164. The Morgan fingerprint density at radius 2 is 0.734 bits per heavy atom. The number of esters is 3. The van der Waals surface area contributed by atoms with Crippen LogP contribution in [-0.2, 0) is 52.6 Å². The maximum atomic E-state index is 13.4. The van der Waals surface area contributed by atoms with E-state index in [2.05, 4.69) is 6.92 Å². The number of thiocarbonyl (C=S) groups is 1. The average Bonchev–Trinajstić information content (AvgIpc) is 3.25. The summed E-state index contributed by atoms with van der Waals surface area (Å²) in [5, 5.41) is 30.8. The number of aromatic hydroxyl groups is 3. The first-order chi connectivity index (χ1) is 30.5. The number of aryl methyl sites for hydroxylation is 9. The molecule has 0 saturated carbocycles. The maximum absolute atomic E-state index is 13.4. The van der Waals surface area contributed by atoms with Gasteiger partial charge in [-0.1, -0.05) is 95.8 Å². The lowest BCUT2D eigenvalue weighted by Crippen LogP contribution is -2.44. The van der Waals surface area contributed by atoms with E-state index < -0.39 is 23.3 Å². The third-order valence-corrected chi connectivity index (χ3v) is 12.5. The molecule has 0 radical (unpaired) electrons. The van der Waals surface area contributed by atoms with Crippen LogP contribution < -0.4 is 0 Å². The smallest absolute Gasteiger partial charge is 0.306 e.